The first-order chi connectivity index (χ1) is 23.7. The van der Waals surface area contributed by atoms with Crippen LogP contribution in [0.5, 0.6) is 0 Å². The predicted molar refractivity (Wildman–Crippen MR) is 187 cm³/mol. The minimum atomic E-state index is -0.487. The van der Waals surface area contributed by atoms with E-state index in [-0.39, 0.29) is 22.9 Å². The van der Waals surface area contributed by atoms with Crippen molar-refractivity contribution in [3.05, 3.63) is 221 Å². The van der Waals surface area contributed by atoms with Crippen molar-refractivity contribution in [3.8, 4) is 0 Å². The molecule has 0 fully saturated rings. The molecule has 0 saturated carbocycles. The summed E-state index contributed by atoms with van der Waals surface area (Å²) in [6.07, 6.45) is 2.26. The molecule has 0 N–H and O–H groups in total. The lowest BCUT2D eigenvalue weighted by molar-refractivity contribution is -0.385. The molecule has 0 radical (unpaired) electrons. The number of nitro groups is 2. The van der Waals surface area contributed by atoms with Gasteiger partial charge in [-0.3, -0.25) is 29.8 Å². The van der Waals surface area contributed by atoms with Gasteiger partial charge in [-0.15, -0.1) is 0 Å². The molecule has 0 atom stereocenters. The summed E-state index contributed by atoms with van der Waals surface area (Å²) in [7, 11) is 0. The third-order valence-corrected chi connectivity index (χ3v) is 8.38. The third-order valence-electron chi connectivity index (χ3n) is 8.38. The number of carbonyl (C=O) groups excluding carboxylic acids is 2. The van der Waals surface area contributed by atoms with Gasteiger partial charge in [0, 0.05) is 46.5 Å². The largest absolute Gasteiger partial charge is 0.289 e. The molecule has 6 aromatic rings. The molecule has 0 aliphatic rings. The summed E-state index contributed by atoms with van der Waals surface area (Å²) in [6, 6.07) is 43.2. The molecule has 6 aromatic carbocycles. The molecule has 0 saturated heterocycles. The van der Waals surface area contributed by atoms with E-state index in [1.165, 1.54) is 59.7 Å². The van der Waals surface area contributed by atoms with Crippen molar-refractivity contribution in [2.45, 2.75) is 19.3 Å². The summed E-state index contributed by atoms with van der Waals surface area (Å²) >= 11 is 0. The Morgan fingerprint density at radius 1 is 0.347 bits per heavy atom. The molecule has 0 bridgehead atoms. The van der Waals surface area contributed by atoms with Gasteiger partial charge < -0.3 is 0 Å². The Morgan fingerprint density at radius 3 is 0.735 bits per heavy atom. The Morgan fingerprint density at radius 2 is 0.531 bits per heavy atom. The molecule has 0 heterocycles. The van der Waals surface area contributed by atoms with Gasteiger partial charge in [0.25, 0.3) is 11.4 Å². The lowest BCUT2D eigenvalue weighted by Gasteiger charge is -2.08. The topological polar surface area (TPSA) is 120 Å². The third kappa shape index (κ3) is 8.07. The molecular weight excluding hydrogens is 616 g/mol. The van der Waals surface area contributed by atoms with Crippen molar-refractivity contribution in [2.75, 3.05) is 0 Å². The molecule has 0 unspecified atom stereocenters. The molecule has 0 amide bonds. The molecule has 8 nitrogen and oxygen atoms in total. The Balaban J connectivity index is 1.00. The van der Waals surface area contributed by atoms with Gasteiger partial charge in [0.2, 0.25) is 0 Å². The van der Waals surface area contributed by atoms with Gasteiger partial charge >= 0.3 is 0 Å². The van der Waals surface area contributed by atoms with E-state index in [0.29, 0.717) is 22.3 Å². The van der Waals surface area contributed by atoms with Crippen LogP contribution >= 0.6 is 0 Å². The molecule has 240 valence electrons. The molecular formula is C41H30N2O6. The van der Waals surface area contributed by atoms with Crippen molar-refractivity contribution in [1.29, 1.82) is 0 Å². The summed E-state index contributed by atoms with van der Waals surface area (Å²) in [6.45, 7) is 0. The minimum absolute atomic E-state index is 0.0486. The van der Waals surface area contributed by atoms with Crippen molar-refractivity contribution in [1.82, 2.24) is 0 Å². The first-order valence-electron chi connectivity index (χ1n) is 15.6. The van der Waals surface area contributed by atoms with Crippen LogP contribution in [0.1, 0.15) is 65.2 Å². The number of hydrogen-bond donors (Lipinski definition) is 0. The Bertz CT molecular complexity index is 1960. The molecule has 6 rings (SSSR count). The second-order valence-corrected chi connectivity index (χ2v) is 11.8. The SMILES string of the molecule is O=C(c1ccc(Cc2ccc(Cc3ccc(Cc4ccc(C(=O)c5ccc([N+](=O)[O-])cc5)cc4)cc3)cc2)cc1)c1ccc([N+](=O)[O-])cc1. The highest BCUT2D eigenvalue weighted by Gasteiger charge is 2.13. The average Bonchev–Trinajstić information content (AvgIpc) is 3.13. The van der Waals surface area contributed by atoms with Gasteiger partial charge in [-0.1, -0.05) is 97.1 Å². The van der Waals surface area contributed by atoms with Crippen LogP contribution in [0, 0.1) is 20.2 Å². The number of non-ortho nitro benzene ring substituents is 2. The molecule has 8 heteroatoms. The highest BCUT2D eigenvalue weighted by molar-refractivity contribution is 6.09. The molecule has 0 spiro atoms. The highest BCUT2D eigenvalue weighted by Crippen LogP contribution is 2.20. The maximum atomic E-state index is 12.8. The lowest BCUT2D eigenvalue weighted by Crippen LogP contribution is -2.02. The van der Waals surface area contributed by atoms with Crippen LogP contribution in [0.15, 0.2) is 146 Å². The van der Waals surface area contributed by atoms with Crippen molar-refractivity contribution in [3.63, 3.8) is 0 Å². The zero-order valence-electron chi connectivity index (χ0n) is 26.3. The van der Waals surface area contributed by atoms with Gasteiger partial charge in [-0.2, -0.15) is 0 Å². The number of hydrogen-bond acceptors (Lipinski definition) is 6. The van der Waals surface area contributed by atoms with Crippen LogP contribution in [0.4, 0.5) is 11.4 Å². The van der Waals surface area contributed by atoms with Crippen LogP contribution in [0.3, 0.4) is 0 Å². The Hall–Kier alpha value is -6.54. The van der Waals surface area contributed by atoms with Crippen LogP contribution in [-0.4, -0.2) is 21.4 Å². The number of carbonyl (C=O) groups is 2. The van der Waals surface area contributed by atoms with E-state index in [1.807, 2.05) is 24.3 Å². The van der Waals surface area contributed by atoms with Crippen molar-refractivity contribution < 1.29 is 19.4 Å². The normalized spacial score (nSPS) is 10.8. The second kappa shape index (κ2) is 14.5. The highest BCUT2D eigenvalue weighted by atomic mass is 16.6. The van der Waals surface area contributed by atoms with Crippen LogP contribution in [0.2, 0.25) is 0 Å². The first kappa shape index (κ1) is 32.4. The standard InChI is InChI=1S/C41H30N2O6/c44-40(36-17-21-38(22-18-36)42(46)47)34-13-9-32(10-14-34)26-30-5-1-28(2-6-30)25-29-3-7-31(8-4-29)27-33-11-15-35(16-12-33)41(45)37-19-23-39(24-20-37)43(48)49/h1-24H,25-27H2. The smallest absolute Gasteiger partial charge is 0.269 e. The van der Waals surface area contributed by atoms with Gasteiger partial charge in [0.05, 0.1) is 9.85 Å². The maximum absolute atomic E-state index is 12.8. The summed E-state index contributed by atoms with van der Waals surface area (Å²) in [5.41, 5.74) is 8.67. The fourth-order valence-electron chi connectivity index (χ4n) is 5.61. The van der Waals surface area contributed by atoms with Gasteiger partial charge in [0.15, 0.2) is 11.6 Å². The van der Waals surface area contributed by atoms with E-state index < -0.39 is 9.85 Å². The zero-order valence-corrected chi connectivity index (χ0v) is 26.3. The zero-order chi connectivity index (χ0) is 34.3. The van der Waals surface area contributed by atoms with Crippen molar-refractivity contribution >= 4 is 22.9 Å². The number of nitro benzene ring substituents is 2. The van der Waals surface area contributed by atoms with E-state index in [4.69, 9.17) is 0 Å². The molecule has 49 heavy (non-hydrogen) atoms. The number of benzene rings is 6. The predicted octanol–water partition coefficient (Wildman–Crippen LogP) is 8.74. The molecule has 0 aliphatic carbocycles. The van der Waals surface area contributed by atoms with Crippen molar-refractivity contribution in [2.24, 2.45) is 0 Å². The van der Waals surface area contributed by atoms with E-state index in [2.05, 4.69) is 48.5 Å². The van der Waals surface area contributed by atoms with E-state index in [1.54, 1.807) is 24.3 Å². The Kier molecular flexibility index (Phi) is 9.58. The van der Waals surface area contributed by atoms with E-state index in [0.717, 1.165) is 41.5 Å². The summed E-state index contributed by atoms with van der Waals surface area (Å²) < 4.78 is 0. The van der Waals surface area contributed by atoms with Crippen LogP contribution in [0.25, 0.3) is 0 Å². The fourth-order valence-corrected chi connectivity index (χ4v) is 5.61. The Labute approximate surface area is 282 Å². The monoisotopic (exact) mass is 646 g/mol. The summed E-state index contributed by atoms with van der Waals surface area (Å²) in [5.74, 6) is -0.354. The van der Waals surface area contributed by atoms with Crippen LogP contribution in [-0.2, 0) is 19.3 Å². The molecule has 0 aliphatic heterocycles. The number of ketones is 2. The van der Waals surface area contributed by atoms with Crippen LogP contribution < -0.4 is 0 Å². The van der Waals surface area contributed by atoms with E-state index >= 15 is 0 Å². The van der Waals surface area contributed by atoms with Gasteiger partial charge in [-0.25, -0.2) is 0 Å². The minimum Gasteiger partial charge on any atom is -0.289 e. The number of nitrogens with zero attached hydrogens (tertiary/aromatic N) is 2. The van der Waals surface area contributed by atoms with E-state index in [9.17, 15) is 29.8 Å². The second-order valence-electron chi connectivity index (χ2n) is 11.8. The van der Waals surface area contributed by atoms with Gasteiger partial charge in [-0.05, 0) is 76.9 Å². The maximum Gasteiger partial charge on any atom is 0.269 e. The summed E-state index contributed by atoms with van der Waals surface area (Å²) in [5, 5.41) is 21.7. The number of rotatable bonds is 12. The first-order valence-corrected chi connectivity index (χ1v) is 15.6. The fraction of sp³-hybridized carbons (Fsp3) is 0.0732. The van der Waals surface area contributed by atoms with Gasteiger partial charge in [0.1, 0.15) is 0 Å². The molecule has 0 aromatic heterocycles. The average molecular weight is 647 g/mol. The quantitative estimate of drug-likeness (QED) is 0.0745. The lowest BCUT2D eigenvalue weighted by atomic mass is 9.97. The summed E-state index contributed by atoms with van der Waals surface area (Å²) in [4.78, 5) is 46.3.